The first-order valence-corrected chi connectivity index (χ1v) is 34.9. The second-order valence-electron chi connectivity index (χ2n) is 24.9. The van der Waals surface area contributed by atoms with E-state index in [0.29, 0.717) is 82.4 Å². The molecule has 7 atom stereocenters. The Labute approximate surface area is 577 Å². The van der Waals surface area contributed by atoms with Crippen LogP contribution in [0.4, 0.5) is 0 Å². The van der Waals surface area contributed by atoms with E-state index >= 15 is 0 Å². The van der Waals surface area contributed by atoms with Crippen molar-refractivity contribution in [3.05, 3.63) is 48.0 Å². The van der Waals surface area contributed by atoms with Gasteiger partial charge in [-0.3, -0.25) is 48.0 Å². The number of carbonyl (C=O) groups excluding carboxylic acids is 10. The first kappa shape index (κ1) is 86.6. The molecule has 2 rings (SSSR count). The largest absolute Gasteiger partial charge is 0.494 e. The third-order valence-corrected chi connectivity index (χ3v) is 16.5. The number of ketones is 4. The van der Waals surface area contributed by atoms with E-state index in [4.69, 9.17) is 33.6 Å². The Hall–Kier alpha value is -7.53. The SMILES string of the molecule is CCC(=O)NCCCC[C@H](CC(=O)[C@H](Cc1cnc[nH]1)OC(=O)[C@@H](NC(=O)[C@@H](CC)[C@@H](C)CC)C(C)C)C(=O)CNC(CCCCNC(=O)COCCONC(=O)COCCOCCCC(=O)CC[C@H](NC(=O)CCCCCCCCCOc1ccc(C(=O)O)cc1)C(=O)O)C(C)=O. The Morgan fingerprint density at radius 1 is 0.602 bits per heavy atom. The lowest BCUT2D eigenvalue weighted by Gasteiger charge is -2.28. The van der Waals surface area contributed by atoms with Gasteiger partial charge in [0.25, 0.3) is 5.91 Å². The van der Waals surface area contributed by atoms with Crippen LogP contribution in [0.3, 0.4) is 0 Å². The summed E-state index contributed by atoms with van der Waals surface area (Å²) < 4.78 is 27.7. The number of carboxylic acid groups (broad SMARTS) is 2. The number of imidazole rings is 1. The molecule has 1 aromatic carbocycles. The van der Waals surface area contributed by atoms with Gasteiger partial charge < -0.3 is 65.5 Å². The molecule has 0 saturated heterocycles. The first-order valence-electron chi connectivity index (χ1n) is 34.9. The molecule has 0 fully saturated rings. The molecule has 0 bridgehead atoms. The fraction of sp³-hybridized carbons (Fsp3) is 0.700. The van der Waals surface area contributed by atoms with Crippen LogP contribution in [0.1, 0.15) is 206 Å². The summed E-state index contributed by atoms with van der Waals surface area (Å²) in [6, 6.07) is 3.36. The van der Waals surface area contributed by atoms with Crippen LogP contribution < -0.4 is 36.8 Å². The molecule has 1 unspecified atom stereocenters. The van der Waals surface area contributed by atoms with Crippen LogP contribution in [0.2, 0.25) is 0 Å². The predicted molar refractivity (Wildman–Crippen MR) is 362 cm³/mol. The summed E-state index contributed by atoms with van der Waals surface area (Å²) >= 11 is 0. The molecule has 1 aromatic heterocycles. The fourth-order valence-electron chi connectivity index (χ4n) is 10.4. The molecule has 1 heterocycles. The van der Waals surface area contributed by atoms with Gasteiger partial charge >= 0.3 is 17.9 Å². The average Bonchev–Trinajstić information content (AvgIpc) is 1.16. The number of nitrogens with zero attached hydrogens (tertiary/aromatic N) is 1. The summed E-state index contributed by atoms with van der Waals surface area (Å²) in [5.74, 6) is -6.71. The highest BCUT2D eigenvalue weighted by Crippen LogP contribution is 2.23. The van der Waals surface area contributed by atoms with E-state index in [1.165, 1.54) is 31.6 Å². The van der Waals surface area contributed by atoms with E-state index in [2.05, 4.69) is 42.0 Å². The summed E-state index contributed by atoms with van der Waals surface area (Å²) in [5, 5.41) is 32.6. The van der Waals surface area contributed by atoms with Crippen LogP contribution in [0.15, 0.2) is 36.8 Å². The lowest BCUT2D eigenvalue weighted by Crippen LogP contribution is -2.50. The molecule has 2 aromatic rings. The van der Waals surface area contributed by atoms with Crippen LogP contribution in [-0.4, -0.2) is 187 Å². The van der Waals surface area contributed by atoms with E-state index in [0.717, 1.165) is 44.9 Å². The minimum absolute atomic E-state index is 0.0165. The molecule has 0 saturated carbocycles. The molecule has 9 N–H and O–H groups in total. The Morgan fingerprint density at radius 2 is 1.24 bits per heavy atom. The van der Waals surface area contributed by atoms with E-state index in [-0.39, 0.29) is 163 Å². The predicted octanol–water partition coefficient (Wildman–Crippen LogP) is 6.45. The molecule has 0 radical (unpaired) electrons. The number of ether oxygens (including phenoxy) is 5. The van der Waals surface area contributed by atoms with Gasteiger partial charge in [0.05, 0.1) is 57.5 Å². The molecule has 552 valence electrons. The van der Waals surface area contributed by atoms with Crippen molar-refractivity contribution in [3.63, 3.8) is 0 Å². The summed E-state index contributed by atoms with van der Waals surface area (Å²) in [7, 11) is 0. The summed E-state index contributed by atoms with van der Waals surface area (Å²) in [6.07, 6.45) is 12.5. The van der Waals surface area contributed by atoms with Crippen LogP contribution in [0.25, 0.3) is 0 Å². The number of esters is 1. The second kappa shape index (κ2) is 52.5. The average molecular weight is 1390 g/mol. The van der Waals surface area contributed by atoms with Crippen molar-refractivity contribution in [1.82, 2.24) is 42.0 Å². The maximum absolute atomic E-state index is 14.3. The number of carboxylic acids is 2. The van der Waals surface area contributed by atoms with Gasteiger partial charge in [0.1, 0.15) is 48.4 Å². The second-order valence-corrected chi connectivity index (χ2v) is 24.9. The van der Waals surface area contributed by atoms with E-state index in [9.17, 15) is 62.6 Å². The third-order valence-electron chi connectivity index (χ3n) is 16.5. The molecular weight excluding hydrogens is 1270 g/mol. The number of benzene rings is 1. The number of hydrogen-bond donors (Lipinski definition) is 9. The van der Waals surface area contributed by atoms with E-state index < -0.39 is 65.7 Å². The van der Waals surface area contributed by atoms with E-state index in [1.54, 1.807) is 32.9 Å². The number of aromatic amines is 1. The van der Waals surface area contributed by atoms with Crippen molar-refractivity contribution < 1.29 is 96.3 Å². The Morgan fingerprint density at radius 3 is 1.87 bits per heavy atom. The van der Waals surface area contributed by atoms with Crippen LogP contribution in [-0.2, 0) is 82.9 Å². The van der Waals surface area contributed by atoms with Crippen LogP contribution in [0, 0.1) is 23.7 Å². The highest BCUT2D eigenvalue weighted by atomic mass is 16.7. The number of amides is 5. The Bertz CT molecular complexity index is 2690. The highest BCUT2D eigenvalue weighted by molar-refractivity contribution is 5.94. The summed E-state index contributed by atoms with van der Waals surface area (Å²) in [6.45, 7) is 13.3. The zero-order valence-electron chi connectivity index (χ0n) is 58.8. The smallest absolute Gasteiger partial charge is 0.335 e. The molecule has 0 aliphatic heterocycles. The van der Waals surface area contributed by atoms with Gasteiger partial charge in [-0.1, -0.05) is 86.5 Å². The third kappa shape index (κ3) is 39.8. The molecule has 5 amide bonds. The van der Waals surface area contributed by atoms with Crippen molar-refractivity contribution in [1.29, 1.82) is 0 Å². The van der Waals surface area contributed by atoms with Gasteiger partial charge in [-0.05, 0) is 107 Å². The first-order chi connectivity index (χ1) is 47.0. The van der Waals surface area contributed by atoms with Crippen molar-refractivity contribution in [2.24, 2.45) is 23.7 Å². The molecule has 28 heteroatoms. The molecule has 28 nitrogen and oxygen atoms in total. The monoisotopic (exact) mass is 1380 g/mol. The van der Waals surface area contributed by atoms with Crippen molar-refractivity contribution in [2.45, 2.75) is 220 Å². The molecule has 98 heavy (non-hydrogen) atoms. The molecule has 0 aliphatic carbocycles. The zero-order chi connectivity index (χ0) is 72.5. The standard InChI is InChI=1S/C70H112N8O20/c1-8-49(6)56(9-2)67(87)77-66(48(4)5)70(92)98-61(42-53-43-71-47-75-53)59(81)41-52(23-17-19-33-72-62(83)10-3)60(82)44-74-57(50(7)79)25-18-20-34-73-64(85)45-95-39-40-97-78-65(86)46-94-38-37-93-35-22-24-54(80)29-32-58(69(90)91)76-63(84)26-16-14-12-11-13-15-21-36-96-55-30-27-51(28-31-55)68(88)89/h27-28,30-31,43,47-49,52,56-58,61,66,74H,8-26,29,32-42,44-46H2,1-7H3,(H,71,75)(H,72,83)(H,73,85)(H,76,84)(H,77,87)(H,78,86)(H,88,89)(H,90,91)/t49-,52+,56-,57?,58-,61-,66-/m0/s1. The number of H-pyrrole nitrogens is 1. The minimum Gasteiger partial charge on any atom is -0.494 e. The number of rotatable bonds is 61. The zero-order valence-corrected chi connectivity index (χ0v) is 58.8. The van der Waals surface area contributed by atoms with Gasteiger partial charge in [-0.25, -0.2) is 24.8 Å². The van der Waals surface area contributed by atoms with Gasteiger partial charge in [0.15, 0.2) is 11.9 Å². The number of nitrogens with one attached hydrogen (secondary N) is 7. The van der Waals surface area contributed by atoms with Gasteiger partial charge in [0.2, 0.25) is 23.6 Å². The number of aromatic nitrogens is 2. The highest BCUT2D eigenvalue weighted by Gasteiger charge is 2.35. The number of Topliss-reactive ketones (excluding diaryl/α,β-unsaturated/α-hetero) is 4. The normalized spacial score (nSPS) is 13.4. The lowest BCUT2D eigenvalue weighted by molar-refractivity contribution is -0.159. The van der Waals surface area contributed by atoms with Gasteiger partial charge in [-0.15, -0.1) is 0 Å². The number of carbonyl (C=O) groups is 12. The van der Waals surface area contributed by atoms with E-state index in [1.807, 2.05) is 20.8 Å². The molecular formula is C70H112N8O20. The number of unbranched alkanes of at least 4 members (excludes halogenated alkanes) is 8. The van der Waals surface area contributed by atoms with Gasteiger partial charge in [0, 0.05) is 81.9 Å². The topological polar surface area (TPSA) is 402 Å². The van der Waals surface area contributed by atoms with Crippen LogP contribution >= 0.6 is 0 Å². The molecule has 0 aliphatic rings. The van der Waals surface area contributed by atoms with Crippen LogP contribution in [0.5, 0.6) is 5.75 Å². The number of hydroxylamine groups is 1. The fourth-order valence-corrected chi connectivity index (χ4v) is 10.4. The number of aliphatic carboxylic acids is 1. The van der Waals surface area contributed by atoms with Crippen molar-refractivity contribution in [3.8, 4) is 5.75 Å². The Kier molecular flexibility index (Phi) is 46.4. The number of hydrogen-bond acceptors (Lipinski definition) is 20. The number of aromatic carboxylic acids is 1. The van der Waals surface area contributed by atoms with Crippen molar-refractivity contribution >= 4 is 70.6 Å². The maximum Gasteiger partial charge on any atom is 0.335 e. The van der Waals surface area contributed by atoms with Gasteiger partial charge in [-0.2, -0.15) is 0 Å². The lowest BCUT2D eigenvalue weighted by atomic mass is 9.88. The Balaban J connectivity index is 1.63. The maximum atomic E-state index is 14.3. The minimum atomic E-state index is -1.32. The molecule has 0 spiro atoms. The quantitative estimate of drug-likeness (QED) is 0.0195. The summed E-state index contributed by atoms with van der Waals surface area (Å²) in [5.41, 5.74) is 2.93. The van der Waals surface area contributed by atoms with Crippen molar-refractivity contribution in [2.75, 3.05) is 72.5 Å². The summed E-state index contributed by atoms with van der Waals surface area (Å²) in [4.78, 5) is 164.